The average molecular weight is 289 g/mol. The van der Waals surface area contributed by atoms with Crippen molar-refractivity contribution in [3.05, 3.63) is 15.9 Å². The van der Waals surface area contributed by atoms with Crippen LogP contribution in [0.4, 0.5) is 0 Å². The number of halogens is 1. The van der Waals surface area contributed by atoms with Crippen molar-refractivity contribution in [3.63, 3.8) is 0 Å². The molecule has 15 heavy (non-hydrogen) atoms. The van der Waals surface area contributed by atoms with E-state index in [1.165, 1.54) is 16.0 Å². The number of hydrogen-bond donors (Lipinski definition) is 1. The third kappa shape index (κ3) is 2.21. The molecule has 0 aliphatic heterocycles. The molecular formula is C7H5BrN4O2S. The number of nitrogens with zero attached hydrogens (tertiary/aromatic N) is 4. The van der Waals surface area contributed by atoms with E-state index >= 15 is 0 Å². The van der Waals surface area contributed by atoms with Gasteiger partial charge < -0.3 is 5.11 Å². The van der Waals surface area contributed by atoms with Crippen LogP contribution < -0.4 is 0 Å². The lowest BCUT2D eigenvalue weighted by Crippen LogP contribution is -2.11. The summed E-state index contributed by atoms with van der Waals surface area (Å²) in [5.74, 6) is -0.507. The van der Waals surface area contributed by atoms with Crippen molar-refractivity contribution in [1.82, 2.24) is 20.2 Å². The third-order valence-electron chi connectivity index (χ3n) is 1.61. The summed E-state index contributed by atoms with van der Waals surface area (Å²) in [5, 5.41) is 19.5. The Morgan fingerprint density at radius 1 is 1.60 bits per heavy atom. The van der Waals surface area contributed by atoms with E-state index in [1.54, 1.807) is 0 Å². The third-order valence-corrected chi connectivity index (χ3v) is 3.23. The molecule has 78 valence electrons. The number of carboxylic acids is 1. The van der Waals surface area contributed by atoms with Crippen LogP contribution in [0.3, 0.4) is 0 Å². The van der Waals surface area contributed by atoms with Crippen LogP contribution in [0.5, 0.6) is 0 Å². The molecule has 0 aliphatic carbocycles. The topological polar surface area (TPSA) is 80.9 Å². The second kappa shape index (κ2) is 4.07. The first-order valence-corrected chi connectivity index (χ1v) is 5.51. The number of rotatable bonds is 3. The molecule has 2 aromatic rings. The summed E-state index contributed by atoms with van der Waals surface area (Å²) < 4.78 is 2.20. The zero-order chi connectivity index (χ0) is 10.8. The van der Waals surface area contributed by atoms with E-state index in [1.807, 2.05) is 12.1 Å². The maximum atomic E-state index is 10.5. The molecule has 8 heteroatoms. The second-order valence-corrected chi connectivity index (χ2v) is 5.12. The quantitative estimate of drug-likeness (QED) is 0.919. The monoisotopic (exact) mass is 288 g/mol. The van der Waals surface area contributed by atoms with Crippen LogP contribution in [0.1, 0.15) is 0 Å². The predicted octanol–water partition coefficient (Wildman–Crippen LogP) is 1.25. The van der Waals surface area contributed by atoms with Crippen molar-refractivity contribution in [2.45, 2.75) is 6.54 Å². The molecule has 0 amide bonds. The summed E-state index contributed by atoms with van der Waals surface area (Å²) >= 11 is 4.76. The summed E-state index contributed by atoms with van der Waals surface area (Å²) in [4.78, 5) is 11.4. The van der Waals surface area contributed by atoms with Crippen LogP contribution in [-0.2, 0) is 11.3 Å². The van der Waals surface area contributed by atoms with Crippen molar-refractivity contribution in [2.24, 2.45) is 0 Å². The minimum Gasteiger partial charge on any atom is -0.480 e. The first-order chi connectivity index (χ1) is 7.16. The number of thiophene rings is 1. The van der Waals surface area contributed by atoms with Crippen molar-refractivity contribution in [2.75, 3.05) is 0 Å². The van der Waals surface area contributed by atoms with E-state index in [4.69, 9.17) is 5.11 Å². The zero-order valence-corrected chi connectivity index (χ0v) is 9.69. The Morgan fingerprint density at radius 2 is 2.40 bits per heavy atom. The zero-order valence-electron chi connectivity index (χ0n) is 7.29. The SMILES string of the molecule is O=C(O)Cn1nnnc1-c1ccc(Br)s1. The van der Waals surface area contributed by atoms with Gasteiger partial charge in [0.25, 0.3) is 0 Å². The lowest BCUT2D eigenvalue weighted by atomic mass is 10.4. The van der Waals surface area contributed by atoms with Crippen LogP contribution in [0.25, 0.3) is 10.7 Å². The number of hydrogen-bond acceptors (Lipinski definition) is 5. The molecule has 0 atom stereocenters. The molecule has 0 saturated heterocycles. The number of aromatic nitrogens is 4. The van der Waals surface area contributed by atoms with Crippen molar-refractivity contribution in [1.29, 1.82) is 0 Å². The molecule has 2 rings (SSSR count). The summed E-state index contributed by atoms with van der Waals surface area (Å²) in [5.41, 5.74) is 0. The van der Waals surface area contributed by atoms with E-state index in [0.29, 0.717) is 5.82 Å². The highest BCUT2D eigenvalue weighted by molar-refractivity contribution is 9.11. The predicted molar refractivity (Wildman–Crippen MR) is 56.5 cm³/mol. The van der Waals surface area contributed by atoms with Crippen molar-refractivity contribution >= 4 is 33.2 Å². The van der Waals surface area contributed by atoms with Crippen LogP contribution in [0.2, 0.25) is 0 Å². The number of carbonyl (C=O) groups is 1. The maximum absolute atomic E-state index is 10.5. The fourth-order valence-corrected chi connectivity index (χ4v) is 2.43. The molecule has 0 bridgehead atoms. The van der Waals surface area contributed by atoms with Crippen LogP contribution in [0, 0.1) is 0 Å². The van der Waals surface area contributed by atoms with E-state index < -0.39 is 5.97 Å². The van der Waals surface area contributed by atoms with Crippen LogP contribution >= 0.6 is 27.3 Å². The molecule has 6 nitrogen and oxygen atoms in total. The van der Waals surface area contributed by atoms with Gasteiger partial charge in [-0.3, -0.25) is 4.79 Å². The van der Waals surface area contributed by atoms with Gasteiger partial charge in [0.2, 0.25) is 0 Å². The van der Waals surface area contributed by atoms with Gasteiger partial charge in [0.15, 0.2) is 5.82 Å². The molecule has 0 saturated carbocycles. The highest BCUT2D eigenvalue weighted by Gasteiger charge is 2.12. The van der Waals surface area contributed by atoms with Gasteiger partial charge in [-0.1, -0.05) is 0 Å². The van der Waals surface area contributed by atoms with Gasteiger partial charge in [-0.25, -0.2) is 4.68 Å². The van der Waals surface area contributed by atoms with E-state index in [9.17, 15) is 4.79 Å². The lowest BCUT2D eigenvalue weighted by Gasteiger charge is -1.97. The maximum Gasteiger partial charge on any atom is 0.325 e. The minimum absolute atomic E-state index is 0.238. The molecule has 0 unspecified atom stereocenters. The van der Waals surface area contributed by atoms with Crippen LogP contribution in [0.15, 0.2) is 15.9 Å². The van der Waals surface area contributed by atoms with Gasteiger partial charge in [0.1, 0.15) is 6.54 Å². The van der Waals surface area contributed by atoms with Gasteiger partial charge in [-0.2, -0.15) is 0 Å². The Balaban J connectivity index is 2.36. The molecule has 0 radical (unpaired) electrons. The standard InChI is InChI=1S/C7H5BrN4O2S/c8-5-2-1-4(15-5)7-9-10-11-12(7)3-6(13)14/h1-2H,3H2,(H,13,14). The molecule has 0 spiro atoms. The lowest BCUT2D eigenvalue weighted by molar-refractivity contribution is -0.137. The summed E-state index contributed by atoms with van der Waals surface area (Å²) in [6.07, 6.45) is 0. The van der Waals surface area contributed by atoms with E-state index in [0.717, 1.165) is 8.66 Å². The van der Waals surface area contributed by atoms with Crippen LogP contribution in [-0.4, -0.2) is 31.3 Å². The Bertz CT molecular complexity index is 495. The first-order valence-electron chi connectivity index (χ1n) is 3.90. The fraction of sp³-hybridized carbons (Fsp3) is 0.143. The Labute approximate surface area is 96.7 Å². The van der Waals surface area contributed by atoms with Gasteiger partial charge in [-0.15, -0.1) is 16.4 Å². The average Bonchev–Trinajstić information content (AvgIpc) is 2.72. The summed E-state index contributed by atoms with van der Waals surface area (Å²) in [6, 6.07) is 3.69. The minimum atomic E-state index is -0.973. The summed E-state index contributed by atoms with van der Waals surface area (Å²) in [6.45, 7) is -0.238. The van der Waals surface area contributed by atoms with Gasteiger partial charge in [0.05, 0.1) is 8.66 Å². The van der Waals surface area contributed by atoms with Gasteiger partial charge in [0, 0.05) is 0 Å². The number of carboxylic acid groups (broad SMARTS) is 1. The molecule has 1 N–H and O–H groups in total. The van der Waals surface area contributed by atoms with Gasteiger partial charge >= 0.3 is 5.97 Å². The second-order valence-electron chi connectivity index (χ2n) is 2.66. The molecule has 0 fully saturated rings. The Hall–Kier alpha value is -1.28. The molecule has 0 aromatic carbocycles. The molecule has 2 heterocycles. The highest BCUT2D eigenvalue weighted by Crippen LogP contribution is 2.29. The molecule has 0 aliphatic rings. The first kappa shape index (κ1) is 10.2. The van der Waals surface area contributed by atoms with Crippen molar-refractivity contribution < 1.29 is 9.90 Å². The largest absolute Gasteiger partial charge is 0.480 e. The van der Waals surface area contributed by atoms with E-state index in [2.05, 4.69) is 31.5 Å². The number of tetrazole rings is 1. The fourth-order valence-electron chi connectivity index (χ4n) is 1.05. The highest BCUT2D eigenvalue weighted by atomic mass is 79.9. The molecule has 2 aromatic heterocycles. The summed E-state index contributed by atoms with van der Waals surface area (Å²) in [7, 11) is 0. The normalized spacial score (nSPS) is 10.5. The Morgan fingerprint density at radius 3 is 3.00 bits per heavy atom. The van der Waals surface area contributed by atoms with Gasteiger partial charge in [-0.05, 0) is 38.5 Å². The number of aliphatic carboxylic acids is 1. The van der Waals surface area contributed by atoms with Crippen molar-refractivity contribution in [3.8, 4) is 10.7 Å². The smallest absolute Gasteiger partial charge is 0.325 e. The van der Waals surface area contributed by atoms with E-state index in [-0.39, 0.29) is 6.54 Å². The molecular weight excluding hydrogens is 284 g/mol. The Kier molecular flexibility index (Phi) is 2.78.